The van der Waals surface area contributed by atoms with Crippen molar-refractivity contribution in [2.24, 2.45) is 0 Å². The van der Waals surface area contributed by atoms with Crippen LogP contribution in [0.1, 0.15) is 6.92 Å². The smallest absolute Gasteiger partial charge is 0.748 e. The minimum atomic E-state index is -4.14. The van der Waals surface area contributed by atoms with E-state index in [4.69, 9.17) is 4.55 Å². The van der Waals surface area contributed by atoms with Gasteiger partial charge in [-0.2, -0.15) is 8.42 Å². The van der Waals surface area contributed by atoms with Gasteiger partial charge in [0.15, 0.2) is 5.12 Å². The molecule has 0 fully saturated rings. The molecule has 0 amide bonds. The summed E-state index contributed by atoms with van der Waals surface area (Å²) in [4.78, 5) is 10.2. The molecule has 17 heavy (non-hydrogen) atoms. The van der Waals surface area contributed by atoms with Crippen LogP contribution in [0.5, 0.6) is 0 Å². The zero-order chi connectivity index (χ0) is 13.4. The number of carbonyl (C=O) groups is 1. The van der Waals surface area contributed by atoms with Crippen molar-refractivity contribution in [3.63, 3.8) is 0 Å². The van der Waals surface area contributed by atoms with Crippen molar-refractivity contribution < 1.29 is 60.3 Å². The van der Waals surface area contributed by atoms with Crippen molar-refractivity contribution >= 4 is 37.1 Å². The fourth-order valence-electron chi connectivity index (χ4n) is 0.287. The summed E-state index contributed by atoms with van der Waals surface area (Å²) in [5.41, 5.74) is 0. The largest absolute Gasteiger partial charge is 1.00 e. The maximum absolute atomic E-state index is 10.2. The van der Waals surface area contributed by atoms with Gasteiger partial charge in [-0.05, 0) is 0 Å². The summed E-state index contributed by atoms with van der Waals surface area (Å²) in [6, 6.07) is 0. The summed E-state index contributed by atoms with van der Waals surface area (Å²) in [5, 5.41) is 0.288. The van der Waals surface area contributed by atoms with Gasteiger partial charge in [-0.15, -0.1) is 0 Å². The summed E-state index contributed by atoms with van der Waals surface area (Å²) in [6.07, 6.45) is 0. The minimum absolute atomic E-state index is 0. The Balaban J connectivity index is -0.000000244. The molecule has 0 heterocycles. The second kappa shape index (κ2) is 10.5. The van der Waals surface area contributed by atoms with E-state index in [0.29, 0.717) is 5.41 Å². The molecule has 0 aromatic rings. The van der Waals surface area contributed by atoms with Crippen molar-refractivity contribution in [3.8, 4) is 0 Å². The van der Waals surface area contributed by atoms with Crippen LogP contribution in [0.3, 0.4) is 0 Å². The monoisotopic (exact) mass is 314 g/mol. The topological polar surface area (TPSA) is 129 Å². The van der Waals surface area contributed by atoms with E-state index in [9.17, 15) is 26.2 Å². The fraction of sp³-hybridized carbons (Fsp3) is 0.500. The summed E-state index contributed by atoms with van der Waals surface area (Å²) in [7, 11) is -8.04. The standard InChI is InChI=1S/C4H8O4S2.C2H4O3S.Na/c1-4(5)9-2-3-10(6,7)8;1-2-6(3,4)5;/h2-3H2,1H3,(H,6,7,8);2H,1H2,(H,3,4,5);/q;;+1/p-1. The molecular weight excluding hydrogens is 303 g/mol. The average Bonchev–Trinajstić information content (AvgIpc) is 2.00. The molecule has 0 aliphatic rings. The van der Waals surface area contributed by atoms with E-state index in [0.717, 1.165) is 11.8 Å². The maximum atomic E-state index is 10.2. The molecule has 0 radical (unpaired) electrons. The van der Waals surface area contributed by atoms with Crippen molar-refractivity contribution in [2.75, 3.05) is 11.5 Å². The molecule has 0 aromatic heterocycles. The van der Waals surface area contributed by atoms with E-state index >= 15 is 0 Å². The van der Waals surface area contributed by atoms with Crippen LogP contribution in [-0.2, 0) is 25.0 Å². The Labute approximate surface area is 127 Å². The molecule has 0 bridgehead atoms. The van der Waals surface area contributed by atoms with Gasteiger partial charge in [0.1, 0.15) is 0 Å². The van der Waals surface area contributed by atoms with Crippen LogP contribution in [0.4, 0.5) is 0 Å². The maximum Gasteiger partial charge on any atom is 1.00 e. The van der Waals surface area contributed by atoms with Gasteiger partial charge in [-0.3, -0.25) is 9.35 Å². The quantitative estimate of drug-likeness (QED) is 0.425. The Hall–Kier alpha value is 0.580. The van der Waals surface area contributed by atoms with Gasteiger partial charge in [0, 0.05) is 18.4 Å². The third-order valence-corrected chi connectivity index (χ3v) is 3.05. The molecule has 0 saturated carbocycles. The van der Waals surface area contributed by atoms with Crippen LogP contribution in [0.25, 0.3) is 0 Å². The third-order valence-electron chi connectivity index (χ3n) is 0.849. The van der Waals surface area contributed by atoms with E-state index < -0.39 is 26.0 Å². The molecule has 0 aromatic carbocycles. The molecule has 0 atom stereocenters. The fourth-order valence-corrected chi connectivity index (χ4v) is 1.72. The number of thioether (sulfide) groups is 1. The van der Waals surface area contributed by atoms with Crippen LogP contribution in [-0.4, -0.2) is 42.6 Å². The van der Waals surface area contributed by atoms with Gasteiger partial charge in [0.25, 0.3) is 10.1 Å². The van der Waals surface area contributed by atoms with Gasteiger partial charge >= 0.3 is 29.6 Å². The molecule has 1 N–H and O–H groups in total. The Bertz CT molecular complexity index is 413. The van der Waals surface area contributed by atoms with Crippen LogP contribution >= 0.6 is 11.8 Å². The van der Waals surface area contributed by atoms with Crippen LogP contribution in [0.2, 0.25) is 0 Å². The Morgan fingerprint density at radius 3 is 1.94 bits per heavy atom. The molecule has 11 heteroatoms. The number of rotatable bonds is 4. The minimum Gasteiger partial charge on any atom is -0.748 e. The number of hydrogen-bond donors (Lipinski definition) is 1. The number of carbonyl (C=O) groups excluding carboxylic acids is 1. The van der Waals surface area contributed by atoms with Crippen molar-refractivity contribution in [3.05, 3.63) is 12.0 Å². The first-order valence-electron chi connectivity index (χ1n) is 3.65. The van der Waals surface area contributed by atoms with E-state index in [-0.39, 0.29) is 40.4 Å². The normalized spacial score (nSPS) is 10.5. The Morgan fingerprint density at radius 1 is 1.41 bits per heavy atom. The van der Waals surface area contributed by atoms with E-state index in [1.54, 1.807) is 0 Å². The predicted octanol–water partition coefficient (Wildman–Crippen LogP) is -3.17. The van der Waals surface area contributed by atoms with Gasteiger partial charge in [0.2, 0.25) is 0 Å². The number of hydrogen-bond acceptors (Lipinski definition) is 7. The van der Waals surface area contributed by atoms with Gasteiger partial charge < -0.3 is 4.55 Å². The van der Waals surface area contributed by atoms with Crippen LogP contribution < -0.4 is 29.6 Å². The molecule has 0 aliphatic heterocycles. The van der Waals surface area contributed by atoms with E-state index in [1.807, 2.05) is 0 Å². The van der Waals surface area contributed by atoms with Crippen LogP contribution in [0, 0.1) is 0 Å². The third kappa shape index (κ3) is 31.5. The molecule has 96 valence electrons. The summed E-state index contributed by atoms with van der Waals surface area (Å²) in [6.45, 7) is 4.12. The molecule has 0 unspecified atom stereocenters. The molecule has 0 spiro atoms. The molecule has 7 nitrogen and oxygen atoms in total. The second-order valence-corrected chi connectivity index (χ2v) is 6.44. The van der Waals surface area contributed by atoms with Crippen molar-refractivity contribution in [2.45, 2.75) is 6.92 Å². The van der Waals surface area contributed by atoms with Crippen molar-refractivity contribution in [1.82, 2.24) is 0 Å². The van der Waals surface area contributed by atoms with Gasteiger partial charge in [-0.1, -0.05) is 18.3 Å². The predicted molar refractivity (Wildman–Crippen MR) is 59.4 cm³/mol. The van der Waals surface area contributed by atoms with Gasteiger partial charge in [0.05, 0.1) is 15.5 Å². The summed E-state index contributed by atoms with van der Waals surface area (Å²) in [5.74, 6) is -0.418. The molecular formula is C6H11NaO7S3. The summed E-state index contributed by atoms with van der Waals surface area (Å²) >= 11 is 0.840. The Morgan fingerprint density at radius 2 is 1.76 bits per heavy atom. The molecule has 0 aliphatic carbocycles. The summed E-state index contributed by atoms with van der Waals surface area (Å²) < 4.78 is 56.4. The second-order valence-electron chi connectivity index (χ2n) is 2.28. The average molecular weight is 314 g/mol. The van der Waals surface area contributed by atoms with Gasteiger partial charge in [-0.25, -0.2) is 8.42 Å². The first-order chi connectivity index (χ1) is 6.98. The Kier molecular flexibility index (Phi) is 14.0. The SMILES string of the molecule is C=CS(=O)(=O)O.CC(=O)SCCS(=O)(=O)[O-].[Na+]. The molecule has 0 saturated heterocycles. The van der Waals surface area contributed by atoms with E-state index in [1.165, 1.54) is 6.92 Å². The zero-order valence-corrected chi connectivity index (χ0v) is 13.8. The van der Waals surface area contributed by atoms with E-state index in [2.05, 4.69) is 6.58 Å². The van der Waals surface area contributed by atoms with Crippen LogP contribution in [0.15, 0.2) is 12.0 Å². The first kappa shape index (κ1) is 22.7. The molecule has 0 rings (SSSR count). The zero-order valence-electron chi connectivity index (χ0n) is 9.32. The first-order valence-corrected chi connectivity index (χ1v) is 7.71. The van der Waals surface area contributed by atoms with Crippen molar-refractivity contribution in [1.29, 1.82) is 0 Å².